The second kappa shape index (κ2) is 4.38. The van der Waals surface area contributed by atoms with E-state index in [1.165, 1.54) is 5.56 Å². The maximum atomic E-state index is 6.11. The van der Waals surface area contributed by atoms with Crippen LogP contribution in [0, 0.1) is 0 Å². The van der Waals surface area contributed by atoms with Gasteiger partial charge in [0.1, 0.15) is 0 Å². The number of nitrogens with two attached hydrogens (primary N) is 1. The molecule has 0 fully saturated rings. The van der Waals surface area contributed by atoms with Gasteiger partial charge in [-0.05, 0) is 24.6 Å². The Morgan fingerprint density at radius 2 is 1.88 bits per heavy atom. The molecule has 1 unspecified atom stereocenters. The molecule has 0 radical (unpaired) electrons. The Bertz CT molecular complexity index is 455. The molecular weight excluding hydrogens is 330 g/mol. The van der Waals surface area contributed by atoms with Crippen molar-refractivity contribution in [3.63, 3.8) is 0 Å². The van der Waals surface area contributed by atoms with Gasteiger partial charge >= 0.3 is 0 Å². The number of halogens is 2. The van der Waals surface area contributed by atoms with Gasteiger partial charge in [-0.25, -0.2) is 0 Å². The molecule has 1 nitrogen and oxygen atoms in total. The lowest BCUT2D eigenvalue weighted by Gasteiger charge is -2.24. The summed E-state index contributed by atoms with van der Waals surface area (Å²) in [5.74, 6) is 0. The number of benzene rings is 1. The highest BCUT2D eigenvalue weighted by Crippen LogP contribution is 2.35. The van der Waals surface area contributed by atoms with Gasteiger partial charge in [0.2, 0.25) is 0 Å². The summed E-state index contributed by atoms with van der Waals surface area (Å²) in [4.78, 5) is 0. The quantitative estimate of drug-likeness (QED) is 0.759. The first-order valence-electron chi connectivity index (χ1n) is 5.11. The number of allylic oxidation sites excluding steroid dienone is 4. The van der Waals surface area contributed by atoms with Crippen LogP contribution in [0.5, 0.6) is 0 Å². The number of hydrogen-bond donors (Lipinski definition) is 1. The van der Waals surface area contributed by atoms with Crippen molar-refractivity contribution in [1.29, 1.82) is 0 Å². The predicted molar refractivity (Wildman–Crippen MR) is 76.3 cm³/mol. The molecule has 3 heteroatoms. The normalized spacial score (nSPS) is 24.9. The van der Waals surface area contributed by atoms with E-state index in [1.807, 2.05) is 12.1 Å². The van der Waals surface area contributed by atoms with E-state index in [0.717, 1.165) is 22.2 Å². The van der Waals surface area contributed by atoms with Crippen LogP contribution in [-0.4, -0.2) is 4.32 Å². The molecule has 1 aromatic rings. The van der Waals surface area contributed by atoms with Crippen LogP contribution in [0.4, 0.5) is 0 Å². The molecule has 0 saturated heterocycles. The fraction of sp³-hybridized carbons (Fsp3) is 0.231. The van der Waals surface area contributed by atoms with Crippen molar-refractivity contribution < 1.29 is 0 Å². The van der Waals surface area contributed by atoms with Crippen molar-refractivity contribution in [1.82, 2.24) is 0 Å². The van der Waals surface area contributed by atoms with Crippen molar-refractivity contribution in [3.05, 3.63) is 52.2 Å². The van der Waals surface area contributed by atoms with Crippen LogP contribution in [0.1, 0.15) is 18.9 Å². The van der Waals surface area contributed by atoms with Crippen LogP contribution in [0.2, 0.25) is 0 Å². The second-order valence-corrected chi connectivity index (χ2v) is 6.96. The van der Waals surface area contributed by atoms with Crippen molar-refractivity contribution in [2.75, 3.05) is 0 Å². The van der Waals surface area contributed by atoms with E-state index in [2.05, 4.69) is 63.1 Å². The molecule has 84 valence electrons. The Labute approximate surface area is 113 Å². The lowest BCUT2D eigenvalue weighted by Crippen LogP contribution is -2.20. The molecular formula is C13H13Br2N. The highest BCUT2D eigenvalue weighted by Gasteiger charge is 2.23. The number of alkyl halides is 1. The monoisotopic (exact) mass is 341 g/mol. The van der Waals surface area contributed by atoms with Crippen LogP contribution in [0.25, 0.3) is 5.57 Å². The van der Waals surface area contributed by atoms with Gasteiger partial charge in [0.05, 0.1) is 0 Å². The summed E-state index contributed by atoms with van der Waals surface area (Å²) in [6.07, 6.45) is 5.09. The summed E-state index contributed by atoms with van der Waals surface area (Å²) in [5, 5.41) is 0. The zero-order valence-electron chi connectivity index (χ0n) is 9.00. The summed E-state index contributed by atoms with van der Waals surface area (Å²) in [6.45, 7) is 2.12. The summed E-state index contributed by atoms with van der Waals surface area (Å²) in [7, 11) is 0. The van der Waals surface area contributed by atoms with E-state index in [0.29, 0.717) is 0 Å². The zero-order valence-corrected chi connectivity index (χ0v) is 12.2. The van der Waals surface area contributed by atoms with Gasteiger partial charge < -0.3 is 5.73 Å². The van der Waals surface area contributed by atoms with Crippen LogP contribution in [0.3, 0.4) is 0 Å². The van der Waals surface area contributed by atoms with E-state index in [9.17, 15) is 0 Å². The van der Waals surface area contributed by atoms with Gasteiger partial charge in [-0.2, -0.15) is 0 Å². The van der Waals surface area contributed by atoms with E-state index < -0.39 is 0 Å². The SMILES string of the molecule is CC1(Br)C=CC(c2ccc(Br)cc2)=C(N)C1. The Morgan fingerprint density at radius 3 is 2.44 bits per heavy atom. The molecule has 0 saturated carbocycles. The average molecular weight is 343 g/mol. The van der Waals surface area contributed by atoms with Gasteiger partial charge in [0.15, 0.2) is 0 Å². The molecule has 0 aliphatic heterocycles. The number of rotatable bonds is 1. The lowest BCUT2D eigenvalue weighted by molar-refractivity contribution is 0.776. The van der Waals surface area contributed by atoms with E-state index in [1.54, 1.807) is 0 Å². The summed E-state index contributed by atoms with van der Waals surface area (Å²) in [6, 6.07) is 8.22. The molecule has 16 heavy (non-hydrogen) atoms. The largest absolute Gasteiger partial charge is 0.401 e. The summed E-state index contributed by atoms with van der Waals surface area (Å²) in [5.41, 5.74) is 9.34. The molecule has 0 spiro atoms. The Morgan fingerprint density at radius 1 is 1.25 bits per heavy atom. The van der Waals surface area contributed by atoms with Crippen LogP contribution < -0.4 is 5.73 Å². The Balaban J connectivity index is 2.36. The van der Waals surface area contributed by atoms with Crippen molar-refractivity contribution in [2.24, 2.45) is 5.73 Å². The first-order chi connectivity index (χ1) is 7.48. The van der Waals surface area contributed by atoms with E-state index >= 15 is 0 Å². The first kappa shape index (κ1) is 11.9. The van der Waals surface area contributed by atoms with Gasteiger partial charge in [0, 0.05) is 26.5 Å². The first-order valence-corrected chi connectivity index (χ1v) is 6.69. The molecule has 1 aliphatic carbocycles. The fourth-order valence-corrected chi connectivity index (χ4v) is 2.50. The molecule has 2 N–H and O–H groups in total. The molecule has 0 aromatic heterocycles. The van der Waals surface area contributed by atoms with Gasteiger partial charge in [-0.15, -0.1) is 0 Å². The van der Waals surface area contributed by atoms with E-state index in [-0.39, 0.29) is 4.32 Å². The minimum absolute atomic E-state index is 0.00402. The number of hydrogen-bond acceptors (Lipinski definition) is 1. The Hall–Kier alpha value is -0.540. The van der Waals surface area contributed by atoms with Gasteiger partial charge in [0.25, 0.3) is 0 Å². The highest BCUT2D eigenvalue weighted by atomic mass is 79.9. The van der Waals surface area contributed by atoms with E-state index in [4.69, 9.17) is 5.73 Å². The van der Waals surface area contributed by atoms with Crippen molar-refractivity contribution in [3.8, 4) is 0 Å². The van der Waals surface area contributed by atoms with Crippen LogP contribution in [0.15, 0.2) is 46.6 Å². The summed E-state index contributed by atoms with van der Waals surface area (Å²) < 4.78 is 1.08. The second-order valence-electron chi connectivity index (χ2n) is 4.23. The minimum atomic E-state index is -0.00402. The smallest absolute Gasteiger partial charge is 0.0466 e. The molecule has 0 bridgehead atoms. The van der Waals surface area contributed by atoms with Crippen molar-refractivity contribution >= 4 is 37.4 Å². The molecule has 0 heterocycles. The maximum Gasteiger partial charge on any atom is 0.0466 e. The zero-order chi connectivity index (χ0) is 11.8. The lowest BCUT2D eigenvalue weighted by atomic mass is 9.91. The molecule has 2 rings (SSSR count). The predicted octanol–water partition coefficient (Wildman–Crippen LogP) is 4.23. The van der Waals surface area contributed by atoms with Crippen LogP contribution in [-0.2, 0) is 0 Å². The molecule has 1 aromatic carbocycles. The minimum Gasteiger partial charge on any atom is -0.401 e. The Kier molecular flexibility index (Phi) is 3.27. The molecule has 1 aliphatic rings. The van der Waals surface area contributed by atoms with Gasteiger partial charge in [-0.1, -0.05) is 56.1 Å². The fourth-order valence-electron chi connectivity index (χ4n) is 1.80. The molecule has 1 atom stereocenters. The average Bonchev–Trinajstić information content (AvgIpc) is 2.19. The third-order valence-corrected chi connectivity index (χ3v) is 3.71. The highest BCUT2D eigenvalue weighted by molar-refractivity contribution is 9.10. The van der Waals surface area contributed by atoms with Gasteiger partial charge in [-0.3, -0.25) is 0 Å². The third-order valence-electron chi connectivity index (χ3n) is 2.63. The summed E-state index contributed by atoms with van der Waals surface area (Å²) >= 11 is 7.07. The topological polar surface area (TPSA) is 26.0 Å². The maximum absolute atomic E-state index is 6.11. The molecule has 0 amide bonds. The standard InChI is InChI=1S/C13H13Br2N/c1-13(15)7-6-11(12(16)8-13)9-2-4-10(14)5-3-9/h2-7H,8,16H2,1H3. The van der Waals surface area contributed by atoms with Crippen LogP contribution >= 0.6 is 31.9 Å². The third kappa shape index (κ3) is 2.58. The van der Waals surface area contributed by atoms with Crippen molar-refractivity contribution in [2.45, 2.75) is 17.7 Å².